The van der Waals surface area contributed by atoms with Gasteiger partial charge in [-0.25, -0.2) is 13.2 Å². The SMILES string of the molecule is COc1cc(C(=O)N2c3cccc(CCS(C)(=O)=O)c3CC2(Cc2ccccc2)C(=O)O)ccc1C(C)(C)C. The molecule has 1 atom stereocenters. The number of methoxy groups -OCH3 is 1. The number of hydrogen-bond donors (Lipinski definition) is 1. The molecule has 1 N–H and O–H groups in total. The van der Waals surface area contributed by atoms with E-state index >= 15 is 0 Å². The third-order valence-electron chi connectivity index (χ3n) is 7.33. The van der Waals surface area contributed by atoms with Gasteiger partial charge in [-0.15, -0.1) is 0 Å². The van der Waals surface area contributed by atoms with Crippen molar-refractivity contribution in [2.24, 2.45) is 0 Å². The van der Waals surface area contributed by atoms with E-state index < -0.39 is 27.3 Å². The first-order valence-corrected chi connectivity index (χ1v) is 14.9. The molecule has 3 aromatic rings. The second-order valence-corrected chi connectivity index (χ2v) is 13.5. The highest BCUT2D eigenvalue weighted by molar-refractivity contribution is 7.90. The van der Waals surface area contributed by atoms with Gasteiger partial charge in [-0.2, -0.15) is 0 Å². The first-order chi connectivity index (χ1) is 18.3. The van der Waals surface area contributed by atoms with Crippen LogP contribution in [0.3, 0.4) is 0 Å². The molecule has 0 radical (unpaired) electrons. The molecule has 1 aliphatic rings. The van der Waals surface area contributed by atoms with Crippen LogP contribution in [0.1, 0.15) is 53.4 Å². The smallest absolute Gasteiger partial charge is 0.330 e. The van der Waals surface area contributed by atoms with E-state index in [4.69, 9.17) is 4.74 Å². The Bertz CT molecular complexity index is 1510. The number of nitrogens with zero attached hydrogens (tertiary/aromatic N) is 1. The summed E-state index contributed by atoms with van der Waals surface area (Å²) >= 11 is 0. The van der Waals surface area contributed by atoms with Crippen LogP contribution in [0.2, 0.25) is 0 Å². The molecule has 1 aliphatic heterocycles. The Morgan fingerprint density at radius 1 is 1.03 bits per heavy atom. The van der Waals surface area contributed by atoms with E-state index in [1.54, 1.807) is 31.4 Å². The Morgan fingerprint density at radius 2 is 1.72 bits per heavy atom. The molecule has 8 heteroatoms. The van der Waals surface area contributed by atoms with Gasteiger partial charge in [0, 0.05) is 30.3 Å². The monoisotopic (exact) mass is 549 g/mol. The lowest BCUT2D eigenvalue weighted by atomic mass is 9.84. The molecule has 3 aromatic carbocycles. The van der Waals surface area contributed by atoms with Crippen molar-refractivity contribution in [3.8, 4) is 5.75 Å². The Labute approximate surface area is 230 Å². The molecule has 0 spiro atoms. The molecule has 1 amide bonds. The number of carbonyl (C=O) groups is 2. The molecule has 1 heterocycles. The zero-order chi connectivity index (χ0) is 28.6. The molecule has 0 fully saturated rings. The summed E-state index contributed by atoms with van der Waals surface area (Å²) in [4.78, 5) is 28.8. The lowest BCUT2D eigenvalue weighted by Crippen LogP contribution is -2.57. The number of benzene rings is 3. The predicted molar refractivity (Wildman–Crippen MR) is 153 cm³/mol. The maximum absolute atomic E-state index is 14.3. The van der Waals surface area contributed by atoms with Crippen molar-refractivity contribution >= 4 is 27.4 Å². The first-order valence-electron chi connectivity index (χ1n) is 12.9. The summed E-state index contributed by atoms with van der Waals surface area (Å²) in [5, 5.41) is 10.8. The fourth-order valence-corrected chi connectivity index (χ4v) is 5.96. The molecule has 0 saturated carbocycles. The van der Waals surface area contributed by atoms with Crippen molar-refractivity contribution in [3.63, 3.8) is 0 Å². The van der Waals surface area contributed by atoms with Crippen molar-refractivity contribution in [1.82, 2.24) is 0 Å². The van der Waals surface area contributed by atoms with Gasteiger partial charge in [0.1, 0.15) is 15.6 Å². The van der Waals surface area contributed by atoms with Crippen molar-refractivity contribution in [2.45, 2.75) is 51.0 Å². The van der Waals surface area contributed by atoms with Crippen LogP contribution < -0.4 is 9.64 Å². The summed E-state index contributed by atoms with van der Waals surface area (Å²) in [6, 6.07) is 19.8. The minimum Gasteiger partial charge on any atom is -0.496 e. The lowest BCUT2D eigenvalue weighted by Gasteiger charge is -2.35. The maximum atomic E-state index is 14.3. The van der Waals surface area contributed by atoms with Crippen LogP contribution in [0.15, 0.2) is 66.7 Å². The van der Waals surface area contributed by atoms with Crippen molar-refractivity contribution in [2.75, 3.05) is 24.0 Å². The van der Waals surface area contributed by atoms with Crippen LogP contribution in [0.4, 0.5) is 5.69 Å². The largest absolute Gasteiger partial charge is 0.496 e. The van der Waals surface area contributed by atoms with Gasteiger partial charge < -0.3 is 9.84 Å². The second kappa shape index (κ2) is 10.5. The molecule has 39 heavy (non-hydrogen) atoms. The lowest BCUT2D eigenvalue weighted by molar-refractivity contribution is -0.143. The number of aliphatic carboxylic acids is 1. The number of carboxylic acid groups (broad SMARTS) is 1. The van der Waals surface area contributed by atoms with E-state index in [1.807, 2.05) is 42.5 Å². The van der Waals surface area contributed by atoms with Crippen LogP contribution in [0.25, 0.3) is 0 Å². The maximum Gasteiger partial charge on any atom is 0.330 e. The standard InChI is InChI=1S/C31H35NO6S/c1-30(2,3)25-15-14-23(18-27(25)38-4)28(33)32-26-13-9-12-22(16-17-39(5,36)37)24(26)20-31(32,29(34)35)19-21-10-7-6-8-11-21/h6-15,18H,16-17,19-20H2,1-5H3,(H,34,35). The minimum absolute atomic E-state index is 0.0649. The summed E-state index contributed by atoms with van der Waals surface area (Å²) in [5.41, 5.74) is 2.11. The minimum atomic E-state index is -3.24. The van der Waals surface area contributed by atoms with E-state index in [1.165, 1.54) is 11.2 Å². The molecular formula is C31H35NO6S. The molecule has 7 nitrogen and oxygen atoms in total. The number of hydrogen-bond acceptors (Lipinski definition) is 5. The van der Waals surface area contributed by atoms with Gasteiger partial charge in [0.2, 0.25) is 0 Å². The highest BCUT2D eigenvalue weighted by atomic mass is 32.2. The van der Waals surface area contributed by atoms with E-state index in [0.717, 1.165) is 16.7 Å². The molecule has 0 aliphatic carbocycles. The number of ether oxygens (including phenoxy) is 1. The number of fused-ring (bicyclic) bond motifs is 1. The number of rotatable bonds is 8. The normalized spacial score (nSPS) is 17.1. The summed E-state index contributed by atoms with van der Waals surface area (Å²) in [5.74, 6) is -1.09. The fourth-order valence-electron chi connectivity index (χ4n) is 5.37. The number of aryl methyl sites for hydroxylation is 1. The zero-order valence-electron chi connectivity index (χ0n) is 23.0. The van der Waals surface area contributed by atoms with Gasteiger partial charge in [-0.05, 0) is 52.3 Å². The summed E-state index contributed by atoms with van der Waals surface area (Å²) in [6.45, 7) is 6.16. The number of anilines is 1. The number of carbonyl (C=O) groups excluding carboxylic acids is 1. The zero-order valence-corrected chi connectivity index (χ0v) is 23.8. The first kappa shape index (κ1) is 28.4. The van der Waals surface area contributed by atoms with Gasteiger partial charge >= 0.3 is 5.97 Å². The quantitative estimate of drug-likeness (QED) is 0.431. The van der Waals surface area contributed by atoms with Gasteiger partial charge in [-0.3, -0.25) is 9.69 Å². The third-order valence-corrected chi connectivity index (χ3v) is 8.27. The van der Waals surface area contributed by atoms with E-state index in [9.17, 15) is 23.1 Å². The highest BCUT2D eigenvalue weighted by Crippen LogP contribution is 2.44. The van der Waals surface area contributed by atoms with Crippen LogP contribution in [-0.2, 0) is 39.3 Å². The highest BCUT2D eigenvalue weighted by Gasteiger charge is 2.53. The summed E-state index contributed by atoms with van der Waals surface area (Å²) in [6.07, 6.45) is 1.57. The van der Waals surface area contributed by atoms with Gasteiger partial charge in [0.05, 0.1) is 12.9 Å². The van der Waals surface area contributed by atoms with Gasteiger partial charge in [-0.1, -0.05) is 69.3 Å². The number of amides is 1. The Balaban J connectivity index is 1.89. The van der Waals surface area contributed by atoms with Gasteiger partial charge in [0.15, 0.2) is 5.54 Å². The van der Waals surface area contributed by atoms with Crippen molar-refractivity contribution < 1.29 is 27.9 Å². The van der Waals surface area contributed by atoms with E-state index in [-0.39, 0.29) is 30.4 Å². The molecule has 1 unspecified atom stereocenters. The topological polar surface area (TPSA) is 101 Å². The van der Waals surface area contributed by atoms with Crippen LogP contribution in [0.5, 0.6) is 5.75 Å². The average Bonchev–Trinajstić information content (AvgIpc) is 3.21. The fraction of sp³-hybridized carbons (Fsp3) is 0.355. The average molecular weight is 550 g/mol. The Morgan fingerprint density at radius 3 is 2.31 bits per heavy atom. The van der Waals surface area contributed by atoms with Crippen LogP contribution >= 0.6 is 0 Å². The number of sulfone groups is 1. The summed E-state index contributed by atoms with van der Waals surface area (Å²) < 4.78 is 29.5. The number of carboxylic acids is 1. The molecular weight excluding hydrogens is 514 g/mol. The Kier molecular flexibility index (Phi) is 7.63. The molecule has 0 saturated heterocycles. The molecule has 0 bridgehead atoms. The van der Waals surface area contributed by atoms with E-state index in [2.05, 4.69) is 20.8 Å². The summed E-state index contributed by atoms with van der Waals surface area (Å²) in [7, 11) is -1.69. The van der Waals surface area contributed by atoms with Crippen LogP contribution in [-0.4, -0.2) is 50.1 Å². The van der Waals surface area contributed by atoms with Gasteiger partial charge in [0.25, 0.3) is 5.91 Å². The molecule has 206 valence electrons. The van der Waals surface area contributed by atoms with Crippen molar-refractivity contribution in [1.29, 1.82) is 0 Å². The van der Waals surface area contributed by atoms with Crippen molar-refractivity contribution in [3.05, 3.63) is 94.5 Å². The predicted octanol–water partition coefficient (Wildman–Crippen LogP) is 4.85. The molecule has 4 rings (SSSR count). The third kappa shape index (κ3) is 5.71. The Hall–Kier alpha value is -3.65. The van der Waals surface area contributed by atoms with E-state index in [0.29, 0.717) is 22.6 Å². The molecule has 0 aromatic heterocycles. The van der Waals surface area contributed by atoms with Crippen LogP contribution in [0, 0.1) is 0 Å². The second-order valence-electron chi connectivity index (χ2n) is 11.3.